The van der Waals surface area contributed by atoms with Crippen LogP contribution in [-0.2, 0) is 10.1 Å². The molecule has 0 aliphatic heterocycles. The topological polar surface area (TPSA) is 54.4 Å². The third-order valence-electron chi connectivity index (χ3n) is 1.62. The zero-order chi connectivity index (χ0) is 10.1. The minimum absolute atomic E-state index is 0. The van der Waals surface area contributed by atoms with Gasteiger partial charge in [-0.25, -0.2) is 0 Å². The van der Waals surface area contributed by atoms with E-state index >= 15 is 0 Å². The normalized spacial score (nSPS) is 10.4. The van der Waals surface area contributed by atoms with E-state index in [0.717, 1.165) is 0 Å². The Kier molecular flexibility index (Phi) is 5.05. The molecule has 0 fully saturated rings. The second kappa shape index (κ2) is 5.09. The molecule has 0 atom stereocenters. The van der Waals surface area contributed by atoms with E-state index in [1.807, 2.05) is 0 Å². The molecule has 0 spiro atoms. The van der Waals surface area contributed by atoms with E-state index in [2.05, 4.69) is 6.58 Å². The summed E-state index contributed by atoms with van der Waals surface area (Å²) in [4.78, 5) is -0.0949. The summed E-state index contributed by atoms with van der Waals surface area (Å²) in [6.07, 6.45) is 0. The summed E-state index contributed by atoms with van der Waals surface area (Å²) in [6, 6.07) is 6.19. The molecule has 0 radical (unpaired) electrons. The Labute approximate surface area is 106 Å². The number of hydrogen-bond donors (Lipinski definition) is 1. The molecule has 1 rings (SSSR count). The van der Waals surface area contributed by atoms with Crippen molar-refractivity contribution in [2.75, 3.05) is 0 Å². The second-order valence-electron chi connectivity index (χ2n) is 2.75. The first kappa shape index (κ1) is 13.9. The Hall–Kier alpha value is -0.130. The molecule has 0 aliphatic rings. The fourth-order valence-corrected chi connectivity index (χ4v) is 1.81. The molecule has 0 saturated heterocycles. The summed E-state index contributed by atoms with van der Waals surface area (Å²) >= 11 is 0. The van der Waals surface area contributed by atoms with Gasteiger partial charge in [-0.1, -0.05) is 24.8 Å². The van der Waals surface area contributed by atoms with Crippen molar-refractivity contribution in [2.45, 2.75) is 11.8 Å². The number of benzene rings is 1. The van der Waals surface area contributed by atoms with E-state index < -0.39 is 10.1 Å². The molecule has 0 unspecified atom stereocenters. The maximum absolute atomic E-state index is 10.9. The van der Waals surface area contributed by atoms with Crippen molar-refractivity contribution < 1.29 is 13.0 Å². The van der Waals surface area contributed by atoms with Gasteiger partial charge in [0.05, 0.1) is 0 Å². The van der Waals surface area contributed by atoms with Gasteiger partial charge < -0.3 is 0 Å². The minimum atomic E-state index is -4.14. The third kappa shape index (κ3) is 3.22. The monoisotopic (exact) mass is 222 g/mol. The molecule has 0 heterocycles. The molecular formula is C9H11NaO3S. The van der Waals surface area contributed by atoms with Crippen LogP contribution in [0.3, 0.4) is 0 Å². The van der Waals surface area contributed by atoms with Crippen molar-refractivity contribution in [3.05, 3.63) is 36.4 Å². The standard InChI is InChI=1S/C9H10O3S.Na.H/c1-7(2)8-5-3-4-6-9(8)13(10,11)12;;/h3-6H,1H2,2H3,(H,10,11,12);;. The fraction of sp³-hybridized carbons (Fsp3) is 0.111. The Morgan fingerprint density at radius 1 is 1.36 bits per heavy atom. The van der Waals surface area contributed by atoms with Gasteiger partial charge in [-0.2, -0.15) is 8.42 Å². The molecule has 5 heteroatoms. The summed E-state index contributed by atoms with van der Waals surface area (Å²) < 4.78 is 30.6. The summed E-state index contributed by atoms with van der Waals surface area (Å²) in [7, 11) is -4.14. The zero-order valence-electron chi connectivity index (χ0n) is 7.19. The number of allylic oxidation sites excluding steroid dienone is 1. The van der Waals surface area contributed by atoms with Crippen LogP contribution in [-0.4, -0.2) is 42.5 Å². The van der Waals surface area contributed by atoms with Crippen molar-refractivity contribution in [3.63, 3.8) is 0 Å². The number of hydrogen-bond acceptors (Lipinski definition) is 2. The molecule has 0 amide bonds. The zero-order valence-corrected chi connectivity index (χ0v) is 8.00. The Bertz CT molecular complexity index is 437. The molecule has 72 valence electrons. The van der Waals surface area contributed by atoms with Crippen LogP contribution in [0.15, 0.2) is 35.7 Å². The molecule has 1 N–H and O–H groups in total. The van der Waals surface area contributed by atoms with E-state index in [0.29, 0.717) is 11.1 Å². The molecular weight excluding hydrogens is 211 g/mol. The van der Waals surface area contributed by atoms with E-state index in [1.165, 1.54) is 6.07 Å². The predicted molar refractivity (Wildman–Crippen MR) is 58.1 cm³/mol. The molecule has 0 aromatic heterocycles. The molecule has 0 bridgehead atoms. The third-order valence-corrected chi connectivity index (χ3v) is 2.54. The fourth-order valence-electron chi connectivity index (χ4n) is 1.04. The van der Waals surface area contributed by atoms with Gasteiger partial charge in [0, 0.05) is 0 Å². The van der Waals surface area contributed by atoms with Crippen molar-refractivity contribution in [2.24, 2.45) is 0 Å². The van der Waals surface area contributed by atoms with Gasteiger partial charge in [0.2, 0.25) is 0 Å². The molecule has 14 heavy (non-hydrogen) atoms. The maximum atomic E-state index is 10.9. The van der Waals surface area contributed by atoms with E-state index in [1.54, 1.807) is 25.1 Å². The van der Waals surface area contributed by atoms with Crippen molar-refractivity contribution in [1.29, 1.82) is 0 Å². The van der Waals surface area contributed by atoms with Crippen LogP contribution in [0.4, 0.5) is 0 Å². The average Bonchev–Trinajstić information content (AvgIpc) is 2.03. The Morgan fingerprint density at radius 2 is 1.86 bits per heavy atom. The van der Waals surface area contributed by atoms with E-state index in [-0.39, 0.29) is 34.5 Å². The van der Waals surface area contributed by atoms with E-state index in [9.17, 15) is 8.42 Å². The molecule has 0 saturated carbocycles. The number of rotatable bonds is 2. The summed E-state index contributed by atoms with van der Waals surface area (Å²) in [6.45, 7) is 5.31. The molecule has 0 aliphatic carbocycles. The van der Waals surface area contributed by atoms with Crippen molar-refractivity contribution >= 4 is 45.2 Å². The predicted octanol–water partition coefficient (Wildman–Crippen LogP) is 1.32. The first-order valence-electron chi connectivity index (χ1n) is 3.65. The van der Waals surface area contributed by atoms with Gasteiger partial charge in [-0.05, 0) is 24.1 Å². The van der Waals surface area contributed by atoms with Crippen LogP contribution in [0.25, 0.3) is 5.57 Å². The SMILES string of the molecule is C=C(C)c1ccccc1S(=O)(=O)O.[NaH]. The van der Waals surface area contributed by atoms with Crippen LogP contribution in [0, 0.1) is 0 Å². The average molecular weight is 222 g/mol. The van der Waals surface area contributed by atoms with Crippen LogP contribution >= 0.6 is 0 Å². The van der Waals surface area contributed by atoms with Crippen LogP contribution in [0.2, 0.25) is 0 Å². The Morgan fingerprint density at radius 3 is 2.21 bits per heavy atom. The van der Waals surface area contributed by atoms with Crippen LogP contribution in [0.5, 0.6) is 0 Å². The molecule has 1 aromatic carbocycles. The van der Waals surface area contributed by atoms with Crippen LogP contribution in [0.1, 0.15) is 12.5 Å². The van der Waals surface area contributed by atoms with Gasteiger partial charge in [0.1, 0.15) is 4.90 Å². The summed E-state index contributed by atoms with van der Waals surface area (Å²) in [5, 5.41) is 0. The quantitative estimate of drug-likeness (QED) is 0.606. The van der Waals surface area contributed by atoms with Crippen molar-refractivity contribution in [1.82, 2.24) is 0 Å². The van der Waals surface area contributed by atoms with Crippen LogP contribution < -0.4 is 0 Å². The van der Waals surface area contributed by atoms with E-state index in [4.69, 9.17) is 4.55 Å². The van der Waals surface area contributed by atoms with Gasteiger partial charge >= 0.3 is 29.6 Å². The molecule has 3 nitrogen and oxygen atoms in total. The first-order chi connectivity index (χ1) is 5.93. The van der Waals surface area contributed by atoms with Gasteiger partial charge in [0.15, 0.2) is 0 Å². The second-order valence-corrected chi connectivity index (χ2v) is 4.14. The Balaban J connectivity index is 0.00000169. The first-order valence-corrected chi connectivity index (χ1v) is 5.09. The van der Waals surface area contributed by atoms with Gasteiger partial charge in [0.25, 0.3) is 10.1 Å². The van der Waals surface area contributed by atoms with Gasteiger partial charge in [-0.3, -0.25) is 4.55 Å². The molecule has 1 aromatic rings. The summed E-state index contributed by atoms with van der Waals surface area (Å²) in [5.41, 5.74) is 1.05. The van der Waals surface area contributed by atoms with Crippen molar-refractivity contribution in [3.8, 4) is 0 Å². The van der Waals surface area contributed by atoms with Gasteiger partial charge in [-0.15, -0.1) is 0 Å². The summed E-state index contributed by atoms with van der Waals surface area (Å²) in [5.74, 6) is 0.